The molecule has 36 heavy (non-hydrogen) atoms. The number of halogens is 3. The number of nitrogens with zero attached hydrogens (tertiary/aromatic N) is 2. The van der Waals surface area contributed by atoms with Gasteiger partial charge in [0.15, 0.2) is 17.3 Å². The maximum Gasteiger partial charge on any atom is 0.357 e. The van der Waals surface area contributed by atoms with Crippen molar-refractivity contribution in [1.82, 2.24) is 9.78 Å². The molecule has 0 aliphatic rings. The highest BCUT2D eigenvalue weighted by molar-refractivity contribution is 6.06. The summed E-state index contributed by atoms with van der Waals surface area (Å²) in [6.45, 7) is -0.414. The van der Waals surface area contributed by atoms with E-state index in [0.717, 1.165) is 38.5 Å². The molecule has 0 amide bonds. The van der Waals surface area contributed by atoms with Crippen molar-refractivity contribution in [3.05, 3.63) is 101 Å². The van der Waals surface area contributed by atoms with Gasteiger partial charge in [-0.2, -0.15) is 5.10 Å². The van der Waals surface area contributed by atoms with E-state index < -0.39 is 36.0 Å². The van der Waals surface area contributed by atoms with Crippen LogP contribution >= 0.6 is 0 Å². The molecule has 0 aliphatic carbocycles. The van der Waals surface area contributed by atoms with Gasteiger partial charge in [-0.25, -0.2) is 27.4 Å². The number of esters is 2. The summed E-state index contributed by atoms with van der Waals surface area (Å²) in [4.78, 5) is 25.3. The molecule has 1 heterocycles. The van der Waals surface area contributed by atoms with Gasteiger partial charge in [-0.05, 0) is 48.5 Å². The lowest BCUT2D eigenvalue weighted by Crippen LogP contribution is -2.15. The predicted octanol–water partition coefficient (Wildman–Crippen LogP) is 5.11. The molecule has 0 aliphatic heterocycles. The third-order valence-corrected chi connectivity index (χ3v) is 5.25. The number of hydrogen-bond acceptors (Lipinski definition) is 6. The molecule has 0 radical (unpaired) electrons. The van der Waals surface area contributed by atoms with E-state index in [2.05, 4.69) is 5.10 Å². The molecule has 4 rings (SSSR count). The van der Waals surface area contributed by atoms with E-state index in [1.54, 1.807) is 30.3 Å². The molecule has 4 aromatic rings. The molecule has 3 aromatic carbocycles. The van der Waals surface area contributed by atoms with Gasteiger partial charge in [-0.3, -0.25) is 0 Å². The first-order valence-corrected chi connectivity index (χ1v) is 10.6. The Morgan fingerprint density at radius 2 is 1.58 bits per heavy atom. The van der Waals surface area contributed by atoms with Gasteiger partial charge in [0.2, 0.25) is 0 Å². The Morgan fingerprint density at radius 3 is 2.25 bits per heavy atom. The van der Waals surface area contributed by atoms with Crippen LogP contribution in [0, 0.1) is 17.5 Å². The number of para-hydroxylation sites is 1. The molecule has 0 saturated heterocycles. The molecule has 0 atom stereocenters. The van der Waals surface area contributed by atoms with E-state index >= 15 is 0 Å². The summed E-state index contributed by atoms with van der Waals surface area (Å²) >= 11 is 0. The van der Waals surface area contributed by atoms with Crippen molar-refractivity contribution in [2.24, 2.45) is 0 Å². The standard InChI is InChI=1S/C26H19F3N2O5/c1-34-25(32)22-23(30-31(24(22)26(33)35-2)18-6-4-3-5-7-18)15-8-11-21(20(29)13-15)36-14-16-12-17(27)9-10-19(16)28/h3-13H,14H2,1-2H3. The zero-order chi connectivity index (χ0) is 25.8. The van der Waals surface area contributed by atoms with Gasteiger partial charge in [-0.1, -0.05) is 18.2 Å². The van der Waals surface area contributed by atoms with E-state index in [1.165, 1.54) is 16.8 Å². The van der Waals surface area contributed by atoms with Crippen LogP contribution in [0.25, 0.3) is 16.9 Å². The van der Waals surface area contributed by atoms with E-state index in [1.807, 2.05) is 0 Å². The number of ether oxygens (including phenoxy) is 3. The molecule has 10 heteroatoms. The van der Waals surface area contributed by atoms with Crippen LogP contribution in [-0.4, -0.2) is 35.9 Å². The van der Waals surface area contributed by atoms with E-state index in [-0.39, 0.29) is 33.8 Å². The fourth-order valence-electron chi connectivity index (χ4n) is 3.53. The van der Waals surface area contributed by atoms with Crippen LogP contribution in [0.2, 0.25) is 0 Å². The lowest BCUT2D eigenvalue weighted by atomic mass is 10.1. The topological polar surface area (TPSA) is 79.7 Å². The van der Waals surface area contributed by atoms with Crippen LogP contribution in [0.3, 0.4) is 0 Å². The highest BCUT2D eigenvalue weighted by atomic mass is 19.1. The zero-order valence-electron chi connectivity index (χ0n) is 19.1. The first kappa shape index (κ1) is 24.5. The average Bonchev–Trinajstić information content (AvgIpc) is 3.30. The summed E-state index contributed by atoms with van der Waals surface area (Å²) in [7, 11) is 2.29. The summed E-state index contributed by atoms with van der Waals surface area (Å²) in [5.74, 6) is -4.17. The summed E-state index contributed by atoms with van der Waals surface area (Å²) in [5, 5.41) is 4.39. The van der Waals surface area contributed by atoms with Crippen molar-refractivity contribution in [1.29, 1.82) is 0 Å². The minimum atomic E-state index is -0.880. The van der Waals surface area contributed by atoms with Crippen LogP contribution in [0.4, 0.5) is 13.2 Å². The van der Waals surface area contributed by atoms with Crippen molar-refractivity contribution in [3.8, 4) is 22.7 Å². The summed E-state index contributed by atoms with van der Waals surface area (Å²) in [6, 6.07) is 15.1. The Kier molecular flexibility index (Phi) is 7.05. The van der Waals surface area contributed by atoms with Crippen molar-refractivity contribution < 1.29 is 37.0 Å². The van der Waals surface area contributed by atoms with Crippen LogP contribution in [0.15, 0.2) is 66.7 Å². The minimum Gasteiger partial charge on any atom is -0.486 e. The normalized spacial score (nSPS) is 10.7. The molecule has 0 N–H and O–H groups in total. The Hall–Kier alpha value is -4.60. The van der Waals surface area contributed by atoms with E-state index in [4.69, 9.17) is 14.2 Å². The second-order valence-electron chi connectivity index (χ2n) is 7.47. The third kappa shape index (κ3) is 4.78. The number of carbonyl (C=O) groups is 2. The molecule has 0 fully saturated rings. The van der Waals surface area contributed by atoms with E-state index in [9.17, 15) is 22.8 Å². The molecule has 1 aromatic heterocycles. The van der Waals surface area contributed by atoms with Crippen LogP contribution in [-0.2, 0) is 16.1 Å². The predicted molar refractivity (Wildman–Crippen MR) is 122 cm³/mol. The monoisotopic (exact) mass is 496 g/mol. The smallest absolute Gasteiger partial charge is 0.357 e. The number of methoxy groups -OCH3 is 2. The Morgan fingerprint density at radius 1 is 0.861 bits per heavy atom. The fraction of sp³-hybridized carbons (Fsp3) is 0.115. The van der Waals surface area contributed by atoms with Crippen molar-refractivity contribution in [3.63, 3.8) is 0 Å². The minimum absolute atomic E-state index is 0.0345. The van der Waals surface area contributed by atoms with Crippen molar-refractivity contribution >= 4 is 11.9 Å². The molecule has 0 bridgehead atoms. The number of rotatable bonds is 7. The number of hydrogen-bond donors (Lipinski definition) is 0. The third-order valence-electron chi connectivity index (χ3n) is 5.25. The molecule has 0 spiro atoms. The summed E-state index contributed by atoms with van der Waals surface area (Å²) < 4.78 is 58.5. The van der Waals surface area contributed by atoms with Gasteiger partial charge in [-0.15, -0.1) is 0 Å². The quantitative estimate of drug-likeness (QED) is 0.331. The van der Waals surface area contributed by atoms with E-state index in [0.29, 0.717) is 5.69 Å². The number of aromatic nitrogens is 2. The number of carbonyl (C=O) groups excluding carboxylic acids is 2. The number of benzene rings is 3. The average molecular weight is 496 g/mol. The van der Waals surface area contributed by atoms with Gasteiger partial charge in [0, 0.05) is 11.1 Å². The Bertz CT molecular complexity index is 1440. The first-order valence-electron chi connectivity index (χ1n) is 10.6. The Balaban J connectivity index is 1.77. The Labute approximate surface area is 203 Å². The van der Waals surface area contributed by atoms with Crippen molar-refractivity contribution in [2.45, 2.75) is 6.61 Å². The highest BCUT2D eigenvalue weighted by Crippen LogP contribution is 2.32. The SMILES string of the molecule is COC(=O)c1c(-c2ccc(OCc3cc(F)ccc3F)c(F)c2)nn(-c2ccccc2)c1C(=O)OC. The second kappa shape index (κ2) is 10.3. The lowest BCUT2D eigenvalue weighted by Gasteiger charge is -2.10. The molecular formula is C26H19F3N2O5. The molecule has 0 saturated carbocycles. The fourth-order valence-corrected chi connectivity index (χ4v) is 3.53. The lowest BCUT2D eigenvalue weighted by molar-refractivity contribution is 0.0549. The molecule has 0 unspecified atom stereocenters. The van der Waals surface area contributed by atoms with Crippen molar-refractivity contribution in [2.75, 3.05) is 14.2 Å². The second-order valence-corrected chi connectivity index (χ2v) is 7.47. The van der Waals surface area contributed by atoms with Gasteiger partial charge in [0.25, 0.3) is 0 Å². The van der Waals surface area contributed by atoms with Crippen LogP contribution in [0.5, 0.6) is 5.75 Å². The summed E-state index contributed by atoms with van der Waals surface area (Å²) in [6.07, 6.45) is 0. The van der Waals surface area contributed by atoms with Gasteiger partial charge >= 0.3 is 11.9 Å². The van der Waals surface area contributed by atoms with Gasteiger partial charge in [0.1, 0.15) is 29.5 Å². The first-order chi connectivity index (χ1) is 17.3. The maximum absolute atomic E-state index is 15.0. The zero-order valence-corrected chi connectivity index (χ0v) is 19.1. The van der Waals surface area contributed by atoms with Gasteiger partial charge < -0.3 is 14.2 Å². The highest BCUT2D eigenvalue weighted by Gasteiger charge is 2.31. The van der Waals surface area contributed by atoms with Crippen LogP contribution in [0.1, 0.15) is 26.4 Å². The summed E-state index contributed by atoms with van der Waals surface area (Å²) in [5.41, 5.74) is 0.0448. The van der Waals surface area contributed by atoms with Gasteiger partial charge in [0.05, 0.1) is 19.9 Å². The molecular weight excluding hydrogens is 477 g/mol. The molecule has 184 valence electrons. The maximum atomic E-state index is 15.0. The van der Waals surface area contributed by atoms with Crippen LogP contribution < -0.4 is 4.74 Å². The molecule has 7 nitrogen and oxygen atoms in total. The largest absolute Gasteiger partial charge is 0.486 e.